The van der Waals surface area contributed by atoms with Crippen LogP contribution in [0.25, 0.3) is 6.08 Å². The van der Waals surface area contributed by atoms with E-state index in [9.17, 15) is 4.79 Å². The molecule has 1 amide bonds. The summed E-state index contributed by atoms with van der Waals surface area (Å²) in [4.78, 5) is 39.2. The lowest BCUT2D eigenvalue weighted by Crippen LogP contribution is -2.45. The third-order valence-electron chi connectivity index (χ3n) is 5.15. The average Bonchev–Trinajstić information content (AvgIpc) is 2.89. The first-order valence-electron chi connectivity index (χ1n) is 10.9. The quantitative estimate of drug-likeness (QED) is 0.367. The maximum Gasteiger partial charge on any atom is 0.249 e. The molecule has 12 heteroatoms. The van der Waals surface area contributed by atoms with Crippen LogP contribution in [0.15, 0.2) is 52.9 Å². The van der Waals surface area contributed by atoms with Crippen LogP contribution >= 0.6 is 11.8 Å². The summed E-state index contributed by atoms with van der Waals surface area (Å²) < 4.78 is 11.1. The van der Waals surface area contributed by atoms with E-state index in [2.05, 4.69) is 47.1 Å². The molecule has 1 aliphatic rings. The second kappa shape index (κ2) is 11.6. The molecule has 1 N–H and O–H groups in total. The molecule has 0 radical (unpaired) electrons. The molecule has 35 heavy (non-hydrogen) atoms. The average molecular weight is 495 g/mol. The van der Waals surface area contributed by atoms with Crippen molar-refractivity contribution in [3.8, 4) is 11.8 Å². The molecule has 0 spiro atoms. The first-order chi connectivity index (χ1) is 17.1. The topological polar surface area (TPSA) is 118 Å². The van der Waals surface area contributed by atoms with Gasteiger partial charge in [-0.2, -0.15) is 9.97 Å². The number of hydrogen-bond donors (Lipinski definition) is 1. The lowest BCUT2D eigenvalue weighted by atomic mass is 10.2. The Balaban J connectivity index is 1.50. The van der Waals surface area contributed by atoms with E-state index in [1.807, 2.05) is 6.07 Å². The number of methoxy groups -OCH3 is 2. The van der Waals surface area contributed by atoms with Crippen LogP contribution < -0.4 is 19.7 Å². The van der Waals surface area contributed by atoms with Crippen LogP contribution in [-0.4, -0.2) is 83.2 Å². The number of piperazine rings is 1. The van der Waals surface area contributed by atoms with Gasteiger partial charge in [-0.1, -0.05) is 6.07 Å². The Bertz CT molecular complexity index is 1160. The molecule has 0 aromatic carbocycles. The van der Waals surface area contributed by atoms with Gasteiger partial charge in [0.1, 0.15) is 10.7 Å². The van der Waals surface area contributed by atoms with Crippen molar-refractivity contribution in [2.75, 3.05) is 57.7 Å². The van der Waals surface area contributed by atoms with Crippen LogP contribution in [0.5, 0.6) is 11.8 Å². The van der Waals surface area contributed by atoms with Gasteiger partial charge in [0.2, 0.25) is 23.6 Å². The standard InChI is InChI=1S/C23H26N8O3S/c1-30-11-13-31(14-12-30)22-28-20(33-2)19(21(29-22)34-3)35-23-25-10-8-17(27-23)26-18(32)7-6-16-5-4-9-24-15-16/h4-10,15H,11-14H2,1-3H3,(H,25,26,27,32)/b7-6+. The van der Waals surface area contributed by atoms with Crippen molar-refractivity contribution in [3.05, 3.63) is 48.4 Å². The van der Waals surface area contributed by atoms with E-state index >= 15 is 0 Å². The van der Waals surface area contributed by atoms with E-state index in [-0.39, 0.29) is 5.91 Å². The van der Waals surface area contributed by atoms with Gasteiger partial charge in [-0.25, -0.2) is 9.97 Å². The zero-order chi connectivity index (χ0) is 24.6. The van der Waals surface area contributed by atoms with E-state index in [1.165, 1.54) is 17.8 Å². The van der Waals surface area contributed by atoms with Gasteiger partial charge in [-0.15, -0.1) is 0 Å². The smallest absolute Gasteiger partial charge is 0.249 e. The highest BCUT2D eigenvalue weighted by molar-refractivity contribution is 7.99. The lowest BCUT2D eigenvalue weighted by molar-refractivity contribution is -0.111. The second-order valence-electron chi connectivity index (χ2n) is 7.60. The number of aromatic nitrogens is 5. The number of carbonyl (C=O) groups excluding carboxylic acids is 1. The van der Waals surface area contributed by atoms with Crippen LogP contribution in [0, 0.1) is 0 Å². The maximum atomic E-state index is 12.3. The number of anilines is 2. The van der Waals surface area contributed by atoms with E-state index in [0.29, 0.717) is 33.6 Å². The summed E-state index contributed by atoms with van der Waals surface area (Å²) in [6.45, 7) is 3.48. The van der Waals surface area contributed by atoms with Crippen LogP contribution in [0.3, 0.4) is 0 Å². The highest BCUT2D eigenvalue weighted by Gasteiger charge is 2.23. The van der Waals surface area contributed by atoms with E-state index < -0.39 is 0 Å². The number of pyridine rings is 1. The molecule has 182 valence electrons. The zero-order valence-corrected chi connectivity index (χ0v) is 20.5. The molecule has 0 unspecified atom stereocenters. The molecule has 0 bridgehead atoms. The third-order valence-corrected chi connectivity index (χ3v) is 6.09. The summed E-state index contributed by atoms with van der Waals surface area (Å²) in [5.74, 6) is 1.33. The number of nitrogens with one attached hydrogen (secondary N) is 1. The molecule has 0 atom stereocenters. The number of nitrogens with zero attached hydrogens (tertiary/aromatic N) is 7. The van der Waals surface area contributed by atoms with Gasteiger partial charge in [-0.3, -0.25) is 9.78 Å². The normalized spacial score (nSPS) is 14.2. The minimum Gasteiger partial charge on any atom is -0.480 e. The Hall–Kier alpha value is -3.77. The lowest BCUT2D eigenvalue weighted by Gasteiger charge is -2.32. The van der Waals surface area contributed by atoms with E-state index in [1.54, 1.807) is 51.0 Å². The Morgan fingerprint density at radius 3 is 2.46 bits per heavy atom. The number of likely N-dealkylation sites (N-methyl/N-ethyl adjacent to an activating group) is 1. The minimum atomic E-state index is -0.321. The molecular formula is C23H26N8O3S. The summed E-state index contributed by atoms with van der Waals surface area (Å²) in [6.07, 6.45) is 8.00. The number of carbonyl (C=O) groups is 1. The van der Waals surface area contributed by atoms with Gasteiger partial charge in [0.05, 0.1) is 14.2 Å². The van der Waals surface area contributed by atoms with Crippen molar-refractivity contribution in [1.29, 1.82) is 0 Å². The summed E-state index contributed by atoms with van der Waals surface area (Å²) in [7, 11) is 5.18. The maximum absolute atomic E-state index is 12.3. The van der Waals surface area contributed by atoms with Gasteiger partial charge in [0.15, 0.2) is 5.16 Å². The van der Waals surface area contributed by atoms with Gasteiger partial charge in [0.25, 0.3) is 0 Å². The predicted molar refractivity (Wildman–Crippen MR) is 133 cm³/mol. The summed E-state index contributed by atoms with van der Waals surface area (Å²) in [6, 6.07) is 5.27. The first kappa shape index (κ1) is 24.4. The largest absolute Gasteiger partial charge is 0.480 e. The van der Waals surface area contributed by atoms with E-state index in [4.69, 9.17) is 9.47 Å². The molecule has 3 aromatic rings. The van der Waals surface area contributed by atoms with Gasteiger partial charge in [0, 0.05) is 50.8 Å². The van der Waals surface area contributed by atoms with Crippen LogP contribution in [0.1, 0.15) is 5.56 Å². The van der Waals surface area contributed by atoms with Crippen LogP contribution in [0.4, 0.5) is 11.8 Å². The third kappa shape index (κ3) is 6.43. The van der Waals surface area contributed by atoms with Crippen molar-refractivity contribution >= 4 is 35.5 Å². The summed E-state index contributed by atoms with van der Waals surface area (Å²) >= 11 is 1.20. The summed E-state index contributed by atoms with van der Waals surface area (Å²) in [5.41, 5.74) is 0.820. The molecule has 0 saturated carbocycles. The molecule has 1 saturated heterocycles. The van der Waals surface area contributed by atoms with E-state index in [0.717, 1.165) is 31.7 Å². The number of rotatable bonds is 8. The fourth-order valence-electron chi connectivity index (χ4n) is 3.28. The van der Waals surface area contributed by atoms with Crippen molar-refractivity contribution in [1.82, 2.24) is 29.8 Å². The Labute approximate surface area is 207 Å². The monoisotopic (exact) mass is 494 g/mol. The first-order valence-corrected chi connectivity index (χ1v) is 11.7. The van der Waals surface area contributed by atoms with Gasteiger partial charge >= 0.3 is 0 Å². The van der Waals surface area contributed by atoms with Crippen molar-refractivity contribution < 1.29 is 14.3 Å². The van der Waals surface area contributed by atoms with Crippen LogP contribution in [0.2, 0.25) is 0 Å². The number of hydrogen-bond acceptors (Lipinski definition) is 11. The Morgan fingerprint density at radius 2 is 1.80 bits per heavy atom. The molecule has 4 heterocycles. The molecular weight excluding hydrogens is 468 g/mol. The SMILES string of the molecule is COc1nc(N2CCN(C)CC2)nc(OC)c1Sc1nccc(NC(=O)/C=C/c2cccnc2)n1. The molecule has 11 nitrogen and oxygen atoms in total. The number of amides is 1. The molecule has 3 aromatic heterocycles. The minimum absolute atomic E-state index is 0.321. The van der Waals surface area contributed by atoms with Gasteiger partial charge < -0.3 is 24.6 Å². The predicted octanol–water partition coefficient (Wildman–Crippen LogP) is 2.23. The molecule has 4 rings (SSSR count). The fraction of sp³-hybridized carbons (Fsp3) is 0.304. The van der Waals surface area contributed by atoms with Crippen molar-refractivity contribution in [2.24, 2.45) is 0 Å². The second-order valence-corrected chi connectivity index (χ2v) is 8.57. The van der Waals surface area contributed by atoms with Gasteiger partial charge in [-0.05, 0) is 42.6 Å². The van der Waals surface area contributed by atoms with Crippen molar-refractivity contribution in [2.45, 2.75) is 10.1 Å². The van der Waals surface area contributed by atoms with Crippen molar-refractivity contribution in [3.63, 3.8) is 0 Å². The number of ether oxygens (including phenoxy) is 2. The molecule has 1 fully saturated rings. The summed E-state index contributed by atoms with van der Waals surface area (Å²) in [5, 5.41) is 3.12. The molecule has 0 aliphatic carbocycles. The Kier molecular flexibility index (Phi) is 8.06. The fourth-order valence-corrected chi connectivity index (χ4v) is 4.15. The Morgan fingerprint density at radius 1 is 1.06 bits per heavy atom. The molecule has 1 aliphatic heterocycles. The zero-order valence-electron chi connectivity index (χ0n) is 19.7. The highest BCUT2D eigenvalue weighted by Crippen LogP contribution is 2.39. The van der Waals surface area contributed by atoms with Crippen LogP contribution in [-0.2, 0) is 4.79 Å². The highest BCUT2D eigenvalue weighted by atomic mass is 32.2.